The van der Waals surface area contributed by atoms with Crippen molar-refractivity contribution in [2.24, 2.45) is 5.41 Å². The van der Waals surface area contributed by atoms with Crippen LogP contribution in [0.4, 0.5) is 5.69 Å². The summed E-state index contributed by atoms with van der Waals surface area (Å²) in [5, 5.41) is 12.8. The molecule has 1 aliphatic carbocycles. The summed E-state index contributed by atoms with van der Waals surface area (Å²) in [7, 11) is 0. The number of aromatic carboxylic acids is 1. The second-order valence-corrected chi connectivity index (χ2v) is 7.36. The van der Waals surface area contributed by atoms with E-state index < -0.39 is 11.4 Å². The smallest absolute Gasteiger partial charge is 0.339 e. The number of carbonyl (C=O) groups excluding carboxylic acids is 1. The summed E-state index contributed by atoms with van der Waals surface area (Å²) in [6.45, 7) is 5.37. The van der Waals surface area contributed by atoms with E-state index in [9.17, 15) is 14.7 Å². The van der Waals surface area contributed by atoms with E-state index in [2.05, 4.69) is 10.3 Å². The first-order valence-electron chi connectivity index (χ1n) is 8.56. The fourth-order valence-electron chi connectivity index (χ4n) is 2.76. The van der Waals surface area contributed by atoms with Crippen molar-refractivity contribution in [1.29, 1.82) is 0 Å². The Bertz CT molecular complexity index is 888. The van der Waals surface area contributed by atoms with Crippen LogP contribution in [0.1, 0.15) is 42.7 Å². The number of carboxylic acids is 1. The fraction of sp³-hybridized carbons (Fsp3) is 0.421. The number of amides is 1. The average Bonchev–Trinajstić information content (AvgIpc) is 3.36. The van der Waals surface area contributed by atoms with Gasteiger partial charge >= 0.3 is 5.97 Å². The number of aromatic nitrogens is 1. The molecule has 0 bridgehead atoms. The quantitative estimate of drug-likeness (QED) is 0.732. The van der Waals surface area contributed by atoms with Crippen LogP contribution in [-0.4, -0.2) is 34.6 Å². The number of nitrogens with one attached hydrogen (secondary N) is 1. The highest BCUT2D eigenvalue weighted by molar-refractivity contribution is 6.06. The van der Waals surface area contributed by atoms with Crippen molar-refractivity contribution < 1.29 is 19.4 Å². The van der Waals surface area contributed by atoms with E-state index >= 15 is 0 Å². The van der Waals surface area contributed by atoms with Gasteiger partial charge < -0.3 is 20.9 Å². The van der Waals surface area contributed by atoms with Crippen LogP contribution in [0.5, 0.6) is 5.75 Å². The third-order valence-corrected chi connectivity index (χ3v) is 4.52. The molecule has 0 aliphatic heterocycles. The average molecular weight is 357 g/mol. The Balaban J connectivity index is 1.91. The Morgan fingerprint density at radius 2 is 2.08 bits per heavy atom. The van der Waals surface area contributed by atoms with E-state index in [1.54, 1.807) is 25.1 Å². The minimum absolute atomic E-state index is 0.0284. The molecule has 26 heavy (non-hydrogen) atoms. The summed E-state index contributed by atoms with van der Waals surface area (Å²) < 4.78 is 5.89. The van der Waals surface area contributed by atoms with Gasteiger partial charge in [0, 0.05) is 6.04 Å². The van der Waals surface area contributed by atoms with Crippen LogP contribution in [0.25, 0.3) is 10.9 Å². The molecule has 1 heterocycles. The molecule has 1 amide bonds. The van der Waals surface area contributed by atoms with Crippen LogP contribution in [0.15, 0.2) is 18.2 Å². The van der Waals surface area contributed by atoms with Crippen molar-refractivity contribution in [2.45, 2.75) is 39.7 Å². The van der Waals surface area contributed by atoms with Gasteiger partial charge in [-0.25, -0.2) is 4.79 Å². The number of benzene rings is 1. The Morgan fingerprint density at radius 3 is 2.69 bits per heavy atom. The molecule has 1 fully saturated rings. The number of nitrogens with two attached hydrogens (primary N) is 1. The minimum atomic E-state index is -1.13. The zero-order valence-electron chi connectivity index (χ0n) is 15.1. The Labute approximate surface area is 151 Å². The number of nitrogens with zero attached hydrogens (tertiary/aromatic N) is 1. The zero-order chi connectivity index (χ0) is 19.1. The highest BCUT2D eigenvalue weighted by Crippen LogP contribution is 2.34. The van der Waals surface area contributed by atoms with Crippen LogP contribution < -0.4 is 15.8 Å². The van der Waals surface area contributed by atoms with Crippen LogP contribution >= 0.6 is 0 Å². The minimum Gasteiger partial charge on any atom is -0.492 e. The van der Waals surface area contributed by atoms with Crippen molar-refractivity contribution in [3.8, 4) is 5.75 Å². The van der Waals surface area contributed by atoms with Gasteiger partial charge in [0.05, 0.1) is 27.7 Å². The standard InChI is InChI=1S/C19H23N3O4/c1-10-14(17(23)24)16(20)15-12(21-10)5-4-6-13(15)26-9-19(2,3)18(25)22-11-7-8-11/h4-6,11H,7-9H2,1-3H3,(H2,20,21)(H,22,25)(H,23,24). The number of fused-ring (bicyclic) bond motifs is 1. The topological polar surface area (TPSA) is 115 Å². The van der Waals surface area contributed by atoms with Gasteiger partial charge in [0.1, 0.15) is 17.9 Å². The first-order valence-corrected chi connectivity index (χ1v) is 8.56. The number of hydrogen-bond acceptors (Lipinski definition) is 5. The normalized spacial score (nSPS) is 14.3. The summed E-state index contributed by atoms with van der Waals surface area (Å²) in [5.74, 6) is -0.774. The number of ether oxygens (including phenoxy) is 1. The van der Waals surface area contributed by atoms with Gasteiger partial charge in [-0.3, -0.25) is 9.78 Å². The summed E-state index contributed by atoms with van der Waals surface area (Å²) in [6.07, 6.45) is 2.04. The highest BCUT2D eigenvalue weighted by atomic mass is 16.5. The molecule has 0 saturated heterocycles. The Kier molecular flexibility index (Phi) is 4.48. The van der Waals surface area contributed by atoms with Gasteiger partial charge in [0.25, 0.3) is 0 Å². The SMILES string of the molecule is Cc1nc2cccc(OCC(C)(C)C(=O)NC3CC3)c2c(N)c1C(=O)O. The Hall–Kier alpha value is -2.83. The van der Waals surface area contributed by atoms with Gasteiger partial charge in [0.15, 0.2) is 0 Å². The highest BCUT2D eigenvalue weighted by Gasteiger charge is 2.33. The van der Waals surface area contributed by atoms with Crippen molar-refractivity contribution in [3.63, 3.8) is 0 Å². The van der Waals surface area contributed by atoms with Gasteiger partial charge in [0.2, 0.25) is 5.91 Å². The predicted molar refractivity (Wildman–Crippen MR) is 98.3 cm³/mol. The molecule has 1 aromatic carbocycles. The number of nitrogen functional groups attached to an aromatic ring is 1. The van der Waals surface area contributed by atoms with E-state index in [1.165, 1.54) is 0 Å². The lowest BCUT2D eigenvalue weighted by molar-refractivity contribution is -0.130. The molecule has 2 aromatic rings. The van der Waals surface area contributed by atoms with Gasteiger partial charge in [-0.15, -0.1) is 0 Å². The number of hydrogen-bond donors (Lipinski definition) is 3. The molecule has 138 valence electrons. The molecule has 0 atom stereocenters. The number of carboxylic acid groups (broad SMARTS) is 1. The lowest BCUT2D eigenvalue weighted by Gasteiger charge is -2.24. The maximum absolute atomic E-state index is 12.3. The van der Waals surface area contributed by atoms with E-state index in [0.717, 1.165) is 12.8 Å². The van der Waals surface area contributed by atoms with Crippen LogP contribution in [-0.2, 0) is 4.79 Å². The zero-order valence-corrected chi connectivity index (χ0v) is 15.1. The van der Waals surface area contributed by atoms with Crippen LogP contribution in [0.2, 0.25) is 0 Å². The molecular formula is C19H23N3O4. The van der Waals surface area contributed by atoms with Crippen LogP contribution in [0.3, 0.4) is 0 Å². The number of pyridine rings is 1. The lowest BCUT2D eigenvalue weighted by Crippen LogP contribution is -2.41. The Morgan fingerprint density at radius 1 is 1.38 bits per heavy atom. The van der Waals surface area contributed by atoms with Crippen molar-refractivity contribution in [2.75, 3.05) is 12.3 Å². The molecule has 0 spiro atoms. The third kappa shape index (κ3) is 3.42. The maximum atomic E-state index is 12.3. The molecule has 7 nitrogen and oxygen atoms in total. The second-order valence-electron chi connectivity index (χ2n) is 7.36. The number of carbonyl (C=O) groups is 2. The molecule has 1 aromatic heterocycles. The first kappa shape index (κ1) is 18.0. The summed E-state index contributed by atoms with van der Waals surface area (Å²) in [5.41, 5.74) is 6.39. The third-order valence-electron chi connectivity index (χ3n) is 4.52. The van der Waals surface area contributed by atoms with Crippen molar-refractivity contribution >= 4 is 28.5 Å². The summed E-state index contributed by atoms with van der Waals surface area (Å²) >= 11 is 0. The monoisotopic (exact) mass is 357 g/mol. The second kappa shape index (κ2) is 6.48. The molecule has 7 heteroatoms. The largest absolute Gasteiger partial charge is 0.492 e. The summed E-state index contributed by atoms with van der Waals surface area (Å²) in [6, 6.07) is 5.50. The first-order chi connectivity index (χ1) is 12.2. The molecule has 1 saturated carbocycles. The van der Waals surface area contributed by atoms with E-state index in [0.29, 0.717) is 22.3 Å². The molecule has 0 radical (unpaired) electrons. The van der Waals surface area contributed by atoms with Gasteiger partial charge in [-0.2, -0.15) is 0 Å². The molecule has 0 unspecified atom stereocenters. The fourth-order valence-corrected chi connectivity index (χ4v) is 2.76. The predicted octanol–water partition coefficient (Wildman–Crippen LogP) is 2.51. The molecular weight excluding hydrogens is 334 g/mol. The molecule has 4 N–H and O–H groups in total. The van der Waals surface area contributed by atoms with Crippen molar-refractivity contribution in [3.05, 3.63) is 29.5 Å². The number of anilines is 1. The molecule has 3 rings (SSSR count). The number of rotatable bonds is 6. The van der Waals surface area contributed by atoms with Crippen molar-refractivity contribution in [1.82, 2.24) is 10.3 Å². The maximum Gasteiger partial charge on any atom is 0.339 e. The van der Waals surface area contributed by atoms with Gasteiger partial charge in [-0.1, -0.05) is 6.07 Å². The van der Waals surface area contributed by atoms with E-state index in [1.807, 2.05) is 13.8 Å². The van der Waals surface area contributed by atoms with E-state index in [4.69, 9.17) is 10.5 Å². The van der Waals surface area contributed by atoms with Crippen LogP contribution in [0, 0.1) is 12.3 Å². The summed E-state index contributed by atoms with van der Waals surface area (Å²) in [4.78, 5) is 28.2. The van der Waals surface area contributed by atoms with Gasteiger partial charge in [-0.05, 0) is 45.7 Å². The van der Waals surface area contributed by atoms with E-state index in [-0.39, 0.29) is 29.8 Å². The number of aryl methyl sites for hydroxylation is 1. The lowest BCUT2D eigenvalue weighted by atomic mass is 9.93. The molecule has 1 aliphatic rings.